The van der Waals surface area contributed by atoms with Crippen LogP contribution in [0.5, 0.6) is 11.5 Å². The van der Waals surface area contributed by atoms with E-state index in [2.05, 4.69) is 15.9 Å². The fraction of sp³-hybridized carbons (Fsp3) is 0.111. The molecule has 0 radical (unpaired) electrons. The molecule has 0 aromatic heterocycles. The number of aromatic hydroxyl groups is 1. The van der Waals surface area contributed by atoms with Crippen LogP contribution in [0, 0.1) is 6.92 Å². The van der Waals surface area contributed by atoms with Gasteiger partial charge in [-0.05, 0) is 48.0 Å². The van der Waals surface area contributed by atoms with Gasteiger partial charge in [-0.25, -0.2) is 0 Å². The van der Waals surface area contributed by atoms with E-state index in [0.29, 0.717) is 5.69 Å². The van der Waals surface area contributed by atoms with Gasteiger partial charge in [0.2, 0.25) is 0 Å². The quantitative estimate of drug-likeness (QED) is 0.643. The molecule has 0 saturated carbocycles. The minimum atomic E-state index is 0.206. The minimum Gasteiger partial charge on any atom is -0.507 e. The predicted molar refractivity (Wildman–Crippen MR) is 94.5 cm³/mol. The van der Waals surface area contributed by atoms with Crippen LogP contribution in [0.15, 0.2) is 46.9 Å². The van der Waals surface area contributed by atoms with Gasteiger partial charge >= 0.3 is 0 Å². The number of nitrogen functional groups attached to an aromatic ring is 1. The highest BCUT2D eigenvalue weighted by molar-refractivity contribution is 9.10. The van der Waals surface area contributed by atoms with Crippen molar-refractivity contribution in [2.75, 3.05) is 12.8 Å². The van der Waals surface area contributed by atoms with Gasteiger partial charge in [0.15, 0.2) is 0 Å². The maximum atomic E-state index is 10.4. The van der Waals surface area contributed by atoms with Gasteiger partial charge < -0.3 is 15.6 Å². The summed E-state index contributed by atoms with van der Waals surface area (Å²) in [5.41, 5.74) is 9.26. The Bertz CT molecular complexity index is 875. The Balaban J connectivity index is 2.43. The van der Waals surface area contributed by atoms with Gasteiger partial charge in [-0.2, -0.15) is 0 Å². The van der Waals surface area contributed by atoms with Crippen LogP contribution in [0.2, 0.25) is 0 Å². The SMILES string of the molecule is COc1ccc(N)c(-c2c(O)ccc3cc(Br)ccc23)c1C. The summed E-state index contributed by atoms with van der Waals surface area (Å²) >= 11 is 3.48. The van der Waals surface area contributed by atoms with Crippen molar-refractivity contribution >= 4 is 32.4 Å². The number of phenolic OH excluding ortho intramolecular Hbond substituents is 1. The number of phenols is 1. The first-order valence-corrected chi connectivity index (χ1v) is 7.67. The summed E-state index contributed by atoms with van der Waals surface area (Å²) in [7, 11) is 1.63. The molecule has 3 aromatic carbocycles. The van der Waals surface area contributed by atoms with E-state index in [1.165, 1.54) is 0 Å². The molecular formula is C18H16BrNO2. The largest absolute Gasteiger partial charge is 0.507 e. The third-order valence-electron chi connectivity index (χ3n) is 3.88. The van der Waals surface area contributed by atoms with E-state index in [-0.39, 0.29) is 5.75 Å². The molecule has 0 aliphatic rings. The molecule has 22 heavy (non-hydrogen) atoms. The number of ether oxygens (including phenoxy) is 1. The second-order valence-corrected chi connectivity index (χ2v) is 6.10. The molecule has 0 bridgehead atoms. The number of nitrogens with two attached hydrogens (primary N) is 1. The third kappa shape index (κ3) is 2.29. The van der Waals surface area contributed by atoms with Crippen molar-refractivity contribution in [3.05, 3.63) is 52.5 Å². The summed E-state index contributed by atoms with van der Waals surface area (Å²) < 4.78 is 6.38. The second-order valence-electron chi connectivity index (χ2n) is 5.18. The number of anilines is 1. The zero-order valence-corrected chi connectivity index (χ0v) is 13.9. The fourth-order valence-electron chi connectivity index (χ4n) is 2.82. The van der Waals surface area contributed by atoms with Crippen molar-refractivity contribution < 1.29 is 9.84 Å². The molecule has 0 fully saturated rings. The molecular weight excluding hydrogens is 342 g/mol. The predicted octanol–water partition coefficient (Wildman–Crippen LogP) is 4.87. The fourth-order valence-corrected chi connectivity index (χ4v) is 3.20. The first-order valence-electron chi connectivity index (χ1n) is 6.87. The number of rotatable bonds is 2. The van der Waals surface area contributed by atoms with Gasteiger partial charge in [0.25, 0.3) is 0 Å². The molecule has 0 unspecified atom stereocenters. The Labute approximate surface area is 137 Å². The lowest BCUT2D eigenvalue weighted by molar-refractivity contribution is 0.412. The standard InChI is InChI=1S/C18H16BrNO2/c1-10-16(22-2)8-6-14(20)17(10)18-13-5-4-12(19)9-11(13)3-7-15(18)21/h3-9,21H,20H2,1-2H3. The average molecular weight is 358 g/mol. The van der Waals surface area contributed by atoms with E-state index in [4.69, 9.17) is 10.5 Å². The minimum absolute atomic E-state index is 0.206. The zero-order chi connectivity index (χ0) is 15.9. The van der Waals surface area contributed by atoms with Gasteiger partial charge in [-0.1, -0.05) is 28.1 Å². The Kier molecular flexibility index (Phi) is 3.71. The molecule has 0 atom stereocenters. The lowest BCUT2D eigenvalue weighted by atomic mass is 9.92. The Morgan fingerprint density at radius 1 is 1.05 bits per heavy atom. The van der Waals surface area contributed by atoms with Crippen LogP contribution in [0.1, 0.15) is 5.56 Å². The molecule has 3 rings (SSSR count). The van der Waals surface area contributed by atoms with E-state index < -0.39 is 0 Å². The summed E-state index contributed by atoms with van der Waals surface area (Å²) in [6.45, 7) is 1.95. The van der Waals surface area contributed by atoms with E-state index in [1.807, 2.05) is 37.3 Å². The normalized spacial score (nSPS) is 10.9. The molecule has 0 spiro atoms. The van der Waals surface area contributed by atoms with Gasteiger partial charge in [0.1, 0.15) is 11.5 Å². The van der Waals surface area contributed by atoms with Crippen LogP contribution in [-0.4, -0.2) is 12.2 Å². The summed E-state index contributed by atoms with van der Waals surface area (Å²) in [5.74, 6) is 0.954. The summed E-state index contributed by atoms with van der Waals surface area (Å²) in [5, 5.41) is 12.4. The van der Waals surface area contributed by atoms with Crippen molar-refractivity contribution in [1.82, 2.24) is 0 Å². The van der Waals surface area contributed by atoms with Crippen molar-refractivity contribution in [3.63, 3.8) is 0 Å². The van der Waals surface area contributed by atoms with Crippen molar-refractivity contribution in [1.29, 1.82) is 0 Å². The first-order chi connectivity index (χ1) is 10.5. The first kappa shape index (κ1) is 14.7. The molecule has 0 aliphatic carbocycles. The van der Waals surface area contributed by atoms with Gasteiger partial charge in [-0.15, -0.1) is 0 Å². The number of methoxy groups -OCH3 is 1. The van der Waals surface area contributed by atoms with Gasteiger partial charge in [0, 0.05) is 26.9 Å². The molecule has 4 heteroatoms. The highest BCUT2D eigenvalue weighted by Crippen LogP contribution is 2.43. The van der Waals surface area contributed by atoms with Crippen LogP contribution >= 0.6 is 15.9 Å². The maximum absolute atomic E-state index is 10.4. The lowest BCUT2D eigenvalue weighted by Gasteiger charge is -2.16. The monoisotopic (exact) mass is 357 g/mol. The average Bonchev–Trinajstić information content (AvgIpc) is 2.49. The van der Waals surface area contributed by atoms with Gasteiger partial charge in [-0.3, -0.25) is 0 Å². The molecule has 3 nitrogen and oxygen atoms in total. The van der Waals surface area contributed by atoms with E-state index >= 15 is 0 Å². The number of halogens is 1. The van der Waals surface area contributed by atoms with Crippen LogP contribution in [-0.2, 0) is 0 Å². The smallest absolute Gasteiger partial charge is 0.124 e. The van der Waals surface area contributed by atoms with E-state index in [0.717, 1.165) is 37.7 Å². The van der Waals surface area contributed by atoms with Crippen LogP contribution in [0.25, 0.3) is 21.9 Å². The lowest BCUT2D eigenvalue weighted by Crippen LogP contribution is -1.97. The Morgan fingerprint density at radius 2 is 1.82 bits per heavy atom. The molecule has 3 aromatic rings. The van der Waals surface area contributed by atoms with Crippen LogP contribution < -0.4 is 10.5 Å². The maximum Gasteiger partial charge on any atom is 0.124 e. The molecule has 0 aliphatic heterocycles. The van der Waals surface area contributed by atoms with Gasteiger partial charge in [0.05, 0.1) is 7.11 Å². The van der Waals surface area contributed by atoms with Crippen molar-refractivity contribution in [3.8, 4) is 22.6 Å². The zero-order valence-electron chi connectivity index (χ0n) is 12.4. The topological polar surface area (TPSA) is 55.5 Å². The number of hydrogen-bond donors (Lipinski definition) is 2. The highest BCUT2D eigenvalue weighted by atomic mass is 79.9. The summed E-state index contributed by atoms with van der Waals surface area (Å²) in [6.07, 6.45) is 0. The summed E-state index contributed by atoms with van der Waals surface area (Å²) in [4.78, 5) is 0. The summed E-state index contributed by atoms with van der Waals surface area (Å²) in [6, 6.07) is 13.2. The number of hydrogen-bond acceptors (Lipinski definition) is 3. The molecule has 3 N–H and O–H groups in total. The second kappa shape index (κ2) is 5.54. The van der Waals surface area contributed by atoms with Crippen LogP contribution in [0.3, 0.4) is 0 Å². The third-order valence-corrected chi connectivity index (χ3v) is 4.37. The number of fused-ring (bicyclic) bond motifs is 1. The molecule has 0 heterocycles. The molecule has 112 valence electrons. The van der Waals surface area contributed by atoms with Crippen LogP contribution in [0.4, 0.5) is 5.69 Å². The molecule has 0 amide bonds. The van der Waals surface area contributed by atoms with E-state index in [1.54, 1.807) is 19.2 Å². The Morgan fingerprint density at radius 3 is 2.55 bits per heavy atom. The Hall–Kier alpha value is -2.20. The highest BCUT2D eigenvalue weighted by Gasteiger charge is 2.17. The molecule has 0 saturated heterocycles. The van der Waals surface area contributed by atoms with E-state index in [9.17, 15) is 5.11 Å². The van der Waals surface area contributed by atoms with Crippen molar-refractivity contribution in [2.24, 2.45) is 0 Å². The van der Waals surface area contributed by atoms with Crippen molar-refractivity contribution in [2.45, 2.75) is 6.92 Å². The number of benzene rings is 3.